The number of likely N-dealkylation sites (tertiary alicyclic amines) is 1. The van der Waals surface area contributed by atoms with E-state index in [-0.39, 0.29) is 0 Å². The molecule has 144 valence electrons. The van der Waals surface area contributed by atoms with Gasteiger partial charge in [-0.25, -0.2) is 8.42 Å². The highest BCUT2D eigenvalue weighted by Gasteiger charge is 2.26. The fourth-order valence-electron chi connectivity index (χ4n) is 3.68. The van der Waals surface area contributed by atoms with Crippen LogP contribution in [-0.4, -0.2) is 62.1 Å². The third kappa shape index (κ3) is 4.54. The van der Waals surface area contributed by atoms with E-state index < -0.39 is 10.0 Å². The Morgan fingerprint density at radius 2 is 1.69 bits per heavy atom. The van der Waals surface area contributed by atoms with Gasteiger partial charge in [-0.3, -0.25) is 0 Å². The van der Waals surface area contributed by atoms with Crippen molar-refractivity contribution in [2.75, 3.05) is 44.7 Å². The summed E-state index contributed by atoms with van der Waals surface area (Å²) < 4.78 is 32.0. The van der Waals surface area contributed by atoms with Crippen LogP contribution in [0.2, 0.25) is 0 Å². The van der Waals surface area contributed by atoms with Gasteiger partial charge in [0.1, 0.15) is 0 Å². The van der Waals surface area contributed by atoms with Crippen LogP contribution in [0.3, 0.4) is 0 Å². The predicted octanol–water partition coefficient (Wildman–Crippen LogP) is 2.38. The van der Waals surface area contributed by atoms with E-state index in [4.69, 9.17) is 17.0 Å². The van der Waals surface area contributed by atoms with Crippen LogP contribution in [0, 0.1) is 11.8 Å². The summed E-state index contributed by atoms with van der Waals surface area (Å²) in [5.41, 5.74) is 0.807. The average Bonchev–Trinajstić information content (AvgIpc) is 2.62. The number of sulfonamides is 1. The van der Waals surface area contributed by atoms with Crippen molar-refractivity contribution >= 4 is 33.0 Å². The normalized spacial score (nSPS) is 25.1. The molecule has 8 heteroatoms. The van der Waals surface area contributed by atoms with Crippen molar-refractivity contribution in [3.05, 3.63) is 24.3 Å². The molecule has 0 spiro atoms. The third-order valence-corrected chi connectivity index (χ3v) is 7.14. The number of hydrogen-bond acceptors (Lipinski definition) is 4. The van der Waals surface area contributed by atoms with E-state index >= 15 is 0 Å². The van der Waals surface area contributed by atoms with Gasteiger partial charge in [-0.05, 0) is 54.7 Å². The molecule has 0 aromatic heterocycles. The first-order chi connectivity index (χ1) is 12.4. The lowest BCUT2D eigenvalue weighted by Gasteiger charge is -2.36. The molecule has 0 amide bonds. The number of piperidine rings is 1. The van der Waals surface area contributed by atoms with E-state index in [1.165, 1.54) is 10.7 Å². The van der Waals surface area contributed by atoms with Crippen molar-refractivity contribution in [1.29, 1.82) is 0 Å². The number of nitrogens with one attached hydrogen (secondary N) is 1. The number of benzene rings is 1. The number of thiocarbonyl (C=S) groups is 1. The minimum atomic E-state index is -3.46. The second-order valence-electron chi connectivity index (χ2n) is 7.32. The molecule has 26 heavy (non-hydrogen) atoms. The summed E-state index contributed by atoms with van der Waals surface area (Å²) in [7, 11) is -3.46. The summed E-state index contributed by atoms with van der Waals surface area (Å²) >= 11 is 5.55. The zero-order chi connectivity index (χ0) is 18.7. The minimum Gasteiger partial charge on any atom is -0.379 e. The number of hydrogen-bond donors (Lipinski definition) is 1. The van der Waals surface area contributed by atoms with Gasteiger partial charge in [0, 0.05) is 31.9 Å². The van der Waals surface area contributed by atoms with Gasteiger partial charge in [0.05, 0.1) is 18.1 Å². The lowest BCUT2D eigenvalue weighted by Crippen LogP contribution is -2.44. The Morgan fingerprint density at radius 3 is 2.27 bits per heavy atom. The Balaban J connectivity index is 1.65. The van der Waals surface area contributed by atoms with Crippen molar-refractivity contribution in [1.82, 2.24) is 9.21 Å². The van der Waals surface area contributed by atoms with Crippen molar-refractivity contribution in [3.63, 3.8) is 0 Å². The molecule has 2 aliphatic heterocycles. The number of ether oxygens (including phenoxy) is 1. The van der Waals surface area contributed by atoms with Gasteiger partial charge in [-0.1, -0.05) is 13.8 Å². The molecule has 2 atom stereocenters. The molecule has 0 bridgehead atoms. The number of nitrogens with zero attached hydrogens (tertiary/aromatic N) is 2. The molecule has 1 N–H and O–H groups in total. The quantitative estimate of drug-likeness (QED) is 0.790. The Kier molecular flexibility index (Phi) is 6.17. The summed E-state index contributed by atoms with van der Waals surface area (Å²) in [6, 6.07) is 6.82. The molecular weight excluding hydrogens is 370 g/mol. The monoisotopic (exact) mass is 397 g/mol. The minimum absolute atomic E-state index is 0.302. The first kappa shape index (κ1) is 19.5. The van der Waals surface area contributed by atoms with Gasteiger partial charge in [0.25, 0.3) is 0 Å². The average molecular weight is 398 g/mol. The number of morpholine rings is 1. The third-order valence-electron chi connectivity index (χ3n) is 4.87. The van der Waals surface area contributed by atoms with E-state index in [0.717, 1.165) is 18.8 Å². The largest absolute Gasteiger partial charge is 0.379 e. The Labute approximate surface area is 161 Å². The van der Waals surface area contributed by atoms with Crippen LogP contribution in [0.4, 0.5) is 5.69 Å². The summed E-state index contributed by atoms with van der Waals surface area (Å²) in [5, 5.41) is 3.94. The smallest absolute Gasteiger partial charge is 0.243 e. The highest BCUT2D eigenvalue weighted by Crippen LogP contribution is 2.23. The van der Waals surface area contributed by atoms with Gasteiger partial charge < -0.3 is 15.0 Å². The van der Waals surface area contributed by atoms with Crippen LogP contribution in [0.5, 0.6) is 0 Å². The maximum absolute atomic E-state index is 12.7. The SMILES string of the molecule is C[C@@H]1C[C@H](C)CN(C(=S)Nc2ccc(S(=O)(=O)N3CCOCC3)cc2)C1. The van der Waals surface area contributed by atoms with Gasteiger partial charge >= 0.3 is 0 Å². The van der Waals surface area contributed by atoms with Crippen LogP contribution < -0.4 is 5.32 Å². The molecule has 2 heterocycles. The fourth-order valence-corrected chi connectivity index (χ4v) is 5.35. The molecule has 6 nitrogen and oxygen atoms in total. The van der Waals surface area contributed by atoms with E-state index in [1.54, 1.807) is 24.3 Å². The lowest BCUT2D eigenvalue weighted by molar-refractivity contribution is 0.0730. The Hall–Kier alpha value is -1.22. The van der Waals surface area contributed by atoms with E-state index in [0.29, 0.717) is 48.1 Å². The molecule has 3 rings (SSSR count). The standard InChI is InChI=1S/C18H27N3O3S2/c1-14-11-15(2)13-20(12-14)18(25)19-16-3-5-17(6-4-16)26(22,23)21-7-9-24-10-8-21/h3-6,14-15H,7-13H2,1-2H3,(H,19,25)/t14-,15+. The van der Waals surface area contributed by atoms with Gasteiger partial charge in [0.2, 0.25) is 10.0 Å². The summed E-state index contributed by atoms with van der Waals surface area (Å²) in [6.07, 6.45) is 1.23. The molecule has 2 saturated heterocycles. The summed E-state index contributed by atoms with van der Waals surface area (Å²) in [4.78, 5) is 2.50. The van der Waals surface area contributed by atoms with Gasteiger partial charge in [-0.2, -0.15) is 4.31 Å². The zero-order valence-electron chi connectivity index (χ0n) is 15.3. The first-order valence-electron chi connectivity index (χ1n) is 9.10. The van der Waals surface area contributed by atoms with E-state index in [1.807, 2.05) is 0 Å². The number of anilines is 1. The number of rotatable bonds is 3. The molecule has 0 aliphatic carbocycles. The molecule has 0 radical (unpaired) electrons. The van der Waals surface area contributed by atoms with Crippen LogP contribution >= 0.6 is 12.2 Å². The fraction of sp³-hybridized carbons (Fsp3) is 0.611. The van der Waals surface area contributed by atoms with Crippen LogP contribution in [0.15, 0.2) is 29.2 Å². The maximum Gasteiger partial charge on any atom is 0.243 e. The molecule has 1 aromatic carbocycles. The van der Waals surface area contributed by atoms with Crippen LogP contribution in [0.1, 0.15) is 20.3 Å². The Bertz CT molecular complexity index is 721. The maximum atomic E-state index is 12.7. The summed E-state index contributed by atoms with van der Waals surface area (Å²) in [5.74, 6) is 1.25. The van der Waals surface area contributed by atoms with Gasteiger partial charge in [0.15, 0.2) is 5.11 Å². The van der Waals surface area contributed by atoms with E-state index in [2.05, 4.69) is 24.1 Å². The van der Waals surface area contributed by atoms with Crippen molar-refractivity contribution < 1.29 is 13.2 Å². The highest BCUT2D eigenvalue weighted by atomic mass is 32.2. The van der Waals surface area contributed by atoms with E-state index in [9.17, 15) is 8.42 Å². The Morgan fingerprint density at radius 1 is 1.12 bits per heavy atom. The van der Waals surface area contributed by atoms with Crippen LogP contribution in [-0.2, 0) is 14.8 Å². The molecule has 0 unspecified atom stereocenters. The van der Waals surface area contributed by atoms with Crippen molar-refractivity contribution in [2.45, 2.75) is 25.2 Å². The second kappa shape index (κ2) is 8.21. The summed E-state index contributed by atoms with van der Waals surface area (Å²) in [6.45, 7) is 8.10. The zero-order valence-corrected chi connectivity index (χ0v) is 17.0. The first-order valence-corrected chi connectivity index (χ1v) is 10.9. The molecule has 2 fully saturated rings. The topological polar surface area (TPSA) is 61.9 Å². The van der Waals surface area contributed by atoms with Crippen LogP contribution in [0.25, 0.3) is 0 Å². The highest BCUT2D eigenvalue weighted by molar-refractivity contribution is 7.89. The lowest BCUT2D eigenvalue weighted by atomic mass is 9.92. The predicted molar refractivity (Wildman–Crippen MR) is 107 cm³/mol. The van der Waals surface area contributed by atoms with Crippen molar-refractivity contribution in [2.24, 2.45) is 11.8 Å². The molecule has 2 aliphatic rings. The van der Waals surface area contributed by atoms with Crippen molar-refractivity contribution in [3.8, 4) is 0 Å². The van der Waals surface area contributed by atoms with Gasteiger partial charge in [-0.15, -0.1) is 0 Å². The molecular formula is C18H27N3O3S2. The molecule has 0 saturated carbocycles. The second-order valence-corrected chi connectivity index (χ2v) is 9.65. The molecule has 1 aromatic rings.